The zero-order valence-corrected chi connectivity index (χ0v) is 18.3. The predicted molar refractivity (Wildman–Crippen MR) is 115 cm³/mol. The van der Waals surface area contributed by atoms with Crippen LogP contribution in [-0.2, 0) is 10.2 Å². The standard InChI is InChI=1S/C20H26ClN5O2S/c1-24(2)20-22-14-17(15-7-5-8-16(21)13-15)19(23-20)18-9-6-12-26(18)29(27,28)25-10-3-4-11-25/h5,7-8,13-14,18H,3-4,6,9-12H2,1-2H3. The molecule has 2 aliphatic rings. The molecule has 1 atom stereocenters. The first-order valence-electron chi connectivity index (χ1n) is 9.95. The lowest BCUT2D eigenvalue weighted by Crippen LogP contribution is -2.42. The number of nitrogens with zero attached hydrogens (tertiary/aromatic N) is 5. The minimum Gasteiger partial charge on any atom is -0.347 e. The van der Waals surface area contributed by atoms with Crippen molar-refractivity contribution in [1.29, 1.82) is 0 Å². The minimum absolute atomic E-state index is 0.309. The molecule has 0 spiro atoms. The predicted octanol–water partition coefficient (Wildman–Crippen LogP) is 3.34. The number of anilines is 1. The second kappa shape index (κ2) is 8.18. The van der Waals surface area contributed by atoms with Gasteiger partial charge in [-0.2, -0.15) is 17.0 Å². The van der Waals surface area contributed by atoms with Gasteiger partial charge in [-0.05, 0) is 43.4 Å². The summed E-state index contributed by atoms with van der Waals surface area (Å²) in [7, 11) is 0.252. The highest BCUT2D eigenvalue weighted by atomic mass is 35.5. The smallest absolute Gasteiger partial charge is 0.282 e. The molecular weight excluding hydrogens is 410 g/mol. The summed E-state index contributed by atoms with van der Waals surface area (Å²) in [5.41, 5.74) is 2.46. The molecule has 156 valence electrons. The normalized spacial score (nSPS) is 21.0. The van der Waals surface area contributed by atoms with Crippen molar-refractivity contribution in [1.82, 2.24) is 18.6 Å². The van der Waals surface area contributed by atoms with Gasteiger partial charge in [-0.1, -0.05) is 23.7 Å². The maximum absolute atomic E-state index is 13.3. The zero-order chi connectivity index (χ0) is 20.6. The van der Waals surface area contributed by atoms with E-state index in [1.54, 1.807) is 14.8 Å². The van der Waals surface area contributed by atoms with Gasteiger partial charge in [0.05, 0.1) is 11.7 Å². The SMILES string of the molecule is CN(C)c1ncc(-c2cccc(Cl)c2)c(C2CCCN2S(=O)(=O)N2CCCC2)n1. The number of aromatic nitrogens is 2. The van der Waals surface area contributed by atoms with Crippen molar-refractivity contribution in [3.8, 4) is 11.1 Å². The van der Waals surface area contributed by atoms with Gasteiger partial charge in [0, 0.05) is 50.5 Å². The van der Waals surface area contributed by atoms with Gasteiger partial charge in [0.1, 0.15) is 0 Å². The van der Waals surface area contributed by atoms with Crippen LogP contribution in [-0.4, -0.2) is 60.7 Å². The van der Waals surface area contributed by atoms with Gasteiger partial charge in [-0.15, -0.1) is 0 Å². The summed E-state index contributed by atoms with van der Waals surface area (Å²) in [5, 5.41) is 0.623. The lowest BCUT2D eigenvalue weighted by Gasteiger charge is -2.29. The average molecular weight is 436 g/mol. The number of hydrogen-bond donors (Lipinski definition) is 0. The lowest BCUT2D eigenvalue weighted by molar-refractivity contribution is 0.345. The van der Waals surface area contributed by atoms with Crippen molar-refractivity contribution in [2.45, 2.75) is 31.7 Å². The summed E-state index contributed by atoms with van der Waals surface area (Å²) in [6.45, 7) is 1.71. The Morgan fingerprint density at radius 1 is 1.14 bits per heavy atom. The molecule has 4 rings (SSSR count). The Hall–Kier alpha value is -1.74. The van der Waals surface area contributed by atoms with Crippen molar-refractivity contribution < 1.29 is 8.42 Å². The van der Waals surface area contributed by atoms with E-state index in [0.29, 0.717) is 30.6 Å². The Bertz CT molecular complexity index is 992. The maximum atomic E-state index is 13.3. The summed E-state index contributed by atoms with van der Waals surface area (Å²) in [6, 6.07) is 7.22. The Morgan fingerprint density at radius 2 is 1.90 bits per heavy atom. The summed E-state index contributed by atoms with van der Waals surface area (Å²) in [5.74, 6) is 0.566. The van der Waals surface area contributed by atoms with Gasteiger partial charge in [0.2, 0.25) is 5.95 Å². The first kappa shape index (κ1) is 20.5. The van der Waals surface area contributed by atoms with E-state index in [1.807, 2.05) is 43.3 Å². The third-order valence-corrected chi connectivity index (χ3v) is 7.83. The molecule has 0 amide bonds. The van der Waals surface area contributed by atoms with E-state index in [-0.39, 0.29) is 6.04 Å². The Kier molecular flexibility index (Phi) is 5.79. The molecule has 1 unspecified atom stereocenters. The van der Waals surface area contributed by atoms with Gasteiger partial charge in [-0.25, -0.2) is 9.97 Å². The van der Waals surface area contributed by atoms with Gasteiger partial charge in [-0.3, -0.25) is 0 Å². The molecule has 2 aliphatic heterocycles. The molecule has 0 bridgehead atoms. The quantitative estimate of drug-likeness (QED) is 0.720. The van der Waals surface area contributed by atoms with Gasteiger partial charge < -0.3 is 4.90 Å². The molecule has 2 fully saturated rings. The zero-order valence-electron chi connectivity index (χ0n) is 16.8. The van der Waals surface area contributed by atoms with Crippen molar-refractivity contribution in [2.24, 2.45) is 0 Å². The van der Waals surface area contributed by atoms with Crippen LogP contribution in [0.3, 0.4) is 0 Å². The molecule has 1 aromatic heterocycles. The second-order valence-corrected chi connectivity index (χ2v) is 10.1. The molecule has 29 heavy (non-hydrogen) atoms. The number of benzene rings is 1. The van der Waals surface area contributed by atoms with E-state index in [2.05, 4.69) is 4.98 Å². The van der Waals surface area contributed by atoms with Gasteiger partial charge in [0.15, 0.2) is 0 Å². The number of halogens is 1. The Morgan fingerprint density at radius 3 is 2.59 bits per heavy atom. The number of rotatable bonds is 5. The summed E-state index contributed by atoms with van der Waals surface area (Å²) >= 11 is 6.21. The fourth-order valence-corrected chi connectivity index (χ4v) is 6.18. The third kappa shape index (κ3) is 3.99. The molecule has 2 saturated heterocycles. The van der Waals surface area contributed by atoms with Crippen LogP contribution in [0.4, 0.5) is 5.95 Å². The van der Waals surface area contributed by atoms with Crippen molar-refractivity contribution in [2.75, 3.05) is 38.6 Å². The fourth-order valence-electron chi connectivity index (χ4n) is 4.09. The second-order valence-electron chi connectivity index (χ2n) is 7.76. The van der Waals surface area contributed by atoms with Crippen LogP contribution < -0.4 is 4.90 Å². The molecule has 9 heteroatoms. The average Bonchev–Trinajstić information content (AvgIpc) is 3.40. The molecule has 0 aliphatic carbocycles. The van der Waals surface area contributed by atoms with E-state index in [4.69, 9.17) is 16.6 Å². The molecule has 7 nitrogen and oxygen atoms in total. The maximum Gasteiger partial charge on any atom is 0.282 e. The van der Waals surface area contributed by atoms with E-state index >= 15 is 0 Å². The minimum atomic E-state index is -3.51. The summed E-state index contributed by atoms with van der Waals surface area (Å²) < 4.78 is 29.9. The summed E-state index contributed by atoms with van der Waals surface area (Å²) in [4.78, 5) is 11.1. The van der Waals surface area contributed by atoms with E-state index in [0.717, 1.165) is 42.5 Å². The van der Waals surface area contributed by atoms with Crippen LogP contribution in [0.15, 0.2) is 30.5 Å². The Balaban J connectivity index is 1.80. The van der Waals surface area contributed by atoms with Crippen LogP contribution in [0.25, 0.3) is 11.1 Å². The Labute approximate surface area is 177 Å². The van der Waals surface area contributed by atoms with Gasteiger partial charge in [0.25, 0.3) is 10.2 Å². The van der Waals surface area contributed by atoms with Crippen LogP contribution in [0.5, 0.6) is 0 Å². The van der Waals surface area contributed by atoms with E-state index in [1.165, 1.54) is 0 Å². The van der Waals surface area contributed by atoms with Crippen LogP contribution in [0, 0.1) is 0 Å². The van der Waals surface area contributed by atoms with Crippen LogP contribution in [0.2, 0.25) is 5.02 Å². The summed E-state index contributed by atoms with van der Waals surface area (Å²) in [6.07, 6.45) is 5.18. The monoisotopic (exact) mass is 435 g/mol. The number of hydrogen-bond acceptors (Lipinski definition) is 5. The largest absolute Gasteiger partial charge is 0.347 e. The van der Waals surface area contributed by atoms with Crippen LogP contribution in [0.1, 0.15) is 37.4 Å². The lowest BCUT2D eigenvalue weighted by atomic mass is 10.0. The highest BCUT2D eigenvalue weighted by Gasteiger charge is 2.41. The first-order valence-corrected chi connectivity index (χ1v) is 11.7. The fraction of sp³-hybridized carbons (Fsp3) is 0.500. The van der Waals surface area contributed by atoms with Crippen molar-refractivity contribution >= 4 is 27.8 Å². The van der Waals surface area contributed by atoms with E-state index < -0.39 is 10.2 Å². The first-order chi connectivity index (χ1) is 13.9. The highest BCUT2D eigenvalue weighted by Crippen LogP contribution is 2.40. The van der Waals surface area contributed by atoms with Gasteiger partial charge >= 0.3 is 0 Å². The molecule has 1 aromatic carbocycles. The topological polar surface area (TPSA) is 69.6 Å². The van der Waals surface area contributed by atoms with Crippen LogP contribution >= 0.6 is 11.6 Å². The van der Waals surface area contributed by atoms with Crippen molar-refractivity contribution in [3.05, 3.63) is 41.2 Å². The third-order valence-electron chi connectivity index (χ3n) is 5.55. The molecule has 0 saturated carbocycles. The molecule has 2 aromatic rings. The van der Waals surface area contributed by atoms with E-state index in [9.17, 15) is 8.42 Å². The molecule has 3 heterocycles. The highest BCUT2D eigenvalue weighted by molar-refractivity contribution is 7.86. The van der Waals surface area contributed by atoms with Crippen molar-refractivity contribution in [3.63, 3.8) is 0 Å². The molecule has 0 radical (unpaired) electrons. The molecular formula is C20H26ClN5O2S. The molecule has 0 N–H and O–H groups in total.